The third-order valence-electron chi connectivity index (χ3n) is 1.15. The first-order valence-electron chi connectivity index (χ1n) is 2.53. The van der Waals surface area contributed by atoms with Gasteiger partial charge < -0.3 is 9.67 Å². The van der Waals surface area contributed by atoms with Crippen LogP contribution in [0, 0.1) is 3.83 Å². The average molecular weight is 252 g/mol. The molecule has 1 aromatic heterocycles. The van der Waals surface area contributed by atoms with Crippen molar-refractivity contribution in [1.82, 2.24) is 9.55 Å². The van der Waals surface area contributed by atoms with Crippen LogP contribution in [0.5, 0.6) is 0 Å². The van der Waals surface area contributed by atoms with Gasteiger partial charge >= 0.3 is 5.97 Å². The van der Waals surface area contributed by atoms with Gasteiger partial charge in [0.25, 0.3) is 0 Å². The monoisotopic (exact) mass is 252 g/mol. The van der Waals surface area contributed by atoms with Gasteiger partial charge in [0, 0.05) is 7.05 Å². The molecule has 5 heteroatoms. The van der Waals surface area contributed by atoms with Crippen molar-refractivity contribution in [1.29, 1.82) is 0 Å². The fourth-order valence-corrected chi connectivity index (χ4v) is 0.985. The highest BCUT2D eigenvalue weighted by Gasteiger charge is 2.09. The summed E-state index contributed by atoms with van der Waals surface area (Å²) in [6.45, 7) is 0. The molecule has 0 bridgehead atoms. The zero-order valence-corrected chi connectivity index (χ0v) is 7.36. The summed E-state index contributed by atoms with van der Waals surface area (Å²) in [5.74, 6) is -0.946. The van der Waals surface area contributed by atoms with Crippen LogP contribution >= 0.6 is 22.6 Å². The highest BCUT2D eigenvalue weighted by Crippen LogP contribution is 2.04. The van der Waals surface area contributed by atoms with E-state index in [9.17, 15) is 4.79 Å². The molecule has 0 fully saturated rings. The van der Waals surface area contributed by atoms with Crippen LogP contribution in [-0.2, 0) is 7.05 Å². The Hall–Kier alpha value is -0.590. The number of hydrogen-bond donors (Lipinski definition) is 1. The molecule has 0 spiro atoms. The molecule has 0 saturated heterocycles. The maximum absolute atomic E-state index is 10.4. The third-order valence-corrected chi connectivity index (χ3v) is 2.15. The van der Waals surface area contributed by atoms with Crippen LogP contribution in [0.2, 0.25) is 0 Å². The molecule has 54 valence electrons. The Morgan fingerprint density at radius 1 is 1.90 bits per heavy atom. The summed E-state index contributed by atoms with van der Waals surface area (Å²) in [4.78, 5) is 14.2. The summed E-state index contributed by atoms with van der Waals surface area (Å²) in [7, 11) is 1.66. The minimum atomic E-state index is -0.946. The molecule has 0 aliphatic carbocycles. The van der Waals surface area contributed by atoms with Crippen LogP contribution < -0.4 is 0 Å². The van der Waals surface area contributed by atoms with Gasteiger partial charge in [0.05, 0.1) is 6.20 Å². The number of rotatable bonds is 1. The minimum absolute atomic E-state index is 0.212. The topological polar surface area (TPSA) is 55.1 Å². The molecule has 0 amide bonds. The van der Waals surface area contributed by atoms with Crippen molar-refractivity contribution in [2.24, 2.45) is 7.05 Å². The van der Waals surface area contributed by atoms with E-state index in [2.05, 4.69) is 4.98 Å². The Bertz CT molecular complexity index is 269. The molecule has 1 rings (SSSR count). The average Bonchev–Trinajstić information content (AvgIpc) is 2.14. The van der Waals surface area contributed by atoms with E-state index in [1.807, 2.05) is 22.6 Å². The number of halogens is 1. The van der Waals surface area contributed by atoms with Crippen LogP contribution in [0.1, 0.15) is 10.5 Å². The number of aromatic carboxylic acids is 1. The molecule has 10 heavy (non-hydrogen) atoms. The number of aromatic nitrogens is 2. The minimum Gasteiger partial charge on any atom is -0.477 e. The molecular weight excluding hydrogens is 247 g/mol. The first-order chi connectivity index (χ1) is 4.63. The van der Waals surface area contributed by atoms with Gasteiger partial charge in [0.2, 0.25) is 0 Å². The molecule has 0 aliphatic heterocycles. The SMILES string of the molecule is Cn1c(C(=O)O)cnc1I. The molecule has 0 unspecified atom stereocenters. The van der Waals surface area contributed by atoms with Crippen molar-refractivity contribution in [3.8, 4) is 0 Å². The van der Waals surface area contributed by atoms with Crippen LogP contribution in [0.3, 0.4) is 0 Å². The number of carboxylic acids is 1. The van der Waals surface area contributed by atoms with Crippen molar-refractivity contribution >= 4 is 28.6 Å². The van der Waals surface area contributed by atoms with Gasteiger partial charge in [-0.1, -0.05) is 0 Å². The fraction of sp³-hybridized carbons (Fsp3) is 0.200. The molecule has 1 aromatic rings. The molecule has 0 saturated carbocycles. The van der Waals surface area contributed by atoms with Crippen LogP contribution in [0.4, 0.5) is 0 Å². The second-order valence-corrected chi connectivity index (χ2v) is 2.74. The number of carboxylic acid groups (broad SMARTS) is 1. The van der Waals surface area contributed by atoms with E-state index >= 15 is 0 Å². The summed E-state index contributed by atoms with van der Waals surface area (Å²) in [5, 5.41) is 8.51. The smallest absolute Gasteiger partial charge is 0.354 e. The van der Waals surface area contributed by atoms with Gasteiger partial charge in [-0.15, -0.1) is 0 Å². The first-order valence-corrected chi connectivity index (χ1v) is 3.61. The maximum atomic E-state index is 10.4. The van der Waals surface area contributed by atoms with Gasteiger partial charge in [0.1, 0.15) is 5.69 Å². The zero-order chi connectivity index (χ0) is 7.72. The first kappa shape index (κ1) is 7.52. The normalized spacial score (nSPS) is 9.80. The van der Waals surface area contributed by atoms with Gasteiger partial charge in [-0.2, -0.15) is 0 Å². The largest absolute Gasteiger partial charge is 0.477 e. The standard InChI is InChI=1S/C5H5IN2O2/c1-8-3(4(9)10)2-7-5(8)6/h2H,1H3,(H,9,10). The lowest BCUT2D eigenvalue weighted by Gasteiger charge is -1.94. The van der Waals surface area contributed by atoms with Crippen molar-refractivity contribution < 1.29 is 9.90 Å². The van der Waals surface area contributed by atoms with E-state index in [4.69, 9.17) is 5.11 Å². The molecule has 1 heterocycles. The van der Waals surface area contributed by atoms with Gasteiger partial charge in [-0.05, 0) is 22.6 Å². The van der Waals surface area contributed by atoms with Gasteiger partial charge in [-0.25, -0.2) is 9.78 Å². The van der Waals surface area contributed by atoms with Crippen molar-refractivity contribution in [3.63, 3.8) is 0 Å². The summed E-state index contributed by atoms with van der Waals surface area (Å²) in [5.41, 5.74) is 0.212. The Labute approximate surface area is 71.0 Å². The molecule has 0 aromatic carbocycles. The van der Waals surface area contributed by atoms with E-state index in [1.54, 1.807) is 7.05 Å². The molecule has 0 atom stereocenters. The lowest BCUT2D eigenvalue weighted by Crippen LogP contribution is -2.04. The number of carbonyl (C=O) groups is 1. The highest BCUT2D eigenvalue weighted by atomic mass is 127. The number of imidazole rings is 1. The number of nitrogens with zero attached hydrogens (tertiary/aromatic N) is 2. The Morgan fingerprint density at radius 3 is 2.70 bits per heavy atom. The van der Waals surface area contributed by atoms with Gasteiger partial charge in [0.15, 0.2) is 3.83 Å². The van der Waals surface area contributed by atoms with Crippen molar-refractivity contribution in [2.45, 2.75) is 0 Å². The second kappa shape index (κ2) is 2.57. The highest BCUT2D eigenvalue weighted by molar-refractivity contribution is 14.1. The lowest BCUT2D eigenvalue weighted by atomic mass is 10.5. The lowest BCUT2D eigenvalue weighted by molar-refractivity contribution is 0.0686. The Kier molecular flexibility index (Phi) is 1.93. The van der Waals surface area contributed by atoms with E-state index in [-0.39, 0.29) is 5.69 Å². The van der Waals surface area contributed by atoms with Crippen molar-refractivity contribution in [2.75, 3.05) is 0 Å². The molecule has 4 nitrogen and oxygen atoms in total. The zero-order valence-electron chi connectivity index (χ0n) is 5.21. The molecule has 1 N–H and O–H groups in total. The van der Waals surface area contributed by atoms with E-state index in [0.29, 0.717) is 3.83 Å². The van der Waals surface area contributed by atoms with E-state index in [1.165, 1.54) is 10.8 Å². The van der Waals surface area contributed by atoms with Crippen molar-refractivity contribution in [3.05, 3.63) is 15.7 Å². The summed E-state index contributed by atoms with van der Waals surface area (Å²) >= 11 is 1.97. The predicted octanol–water partition coefficient (Wildman–Crippen LogP) is 0.723. The van der Waals surface area contributed by atoms with Crippen LogP contribution in [0.25, 0.3) is 0 Å². The molecule has 0 radical (unpaired) electrons. The third kappa shape index (κ3) is 1.13. The van der Waals surface area contributed by atoms with E-state index < -0.39 is 5.97 Å². The van der Waals surface area contributed by atoms with Gasteiger partial charge in [-0.3, -0.25) is 0 Å². The second-order valence-electron chi connectivity index (χ2n) is 1.78. The summed E-state index contributed by atoms with van der Waals surface area (Å²) in [6, 6.07) is 0. The summed E-state index contributed by atoms with van der Waals surface area (Å²) in [6.07, 6.45) is 1.34. The maximum Gasteiger partial charge on any atom is 0.354 e. The quantitative estimate of drug-likeness (QED) is 0.749. The van der Waals surface area contributed by atoms with Crippen LogP contribution in [-0.4, -0.2) is 20.6 Å². The molecule has 0 aliphatic rings. The Balaban J connectivity index is 3.17. The van der Waals surface area contributed by atoms with E-state index in [0.717, 1.165) is 0 Å². The predicted molar refractivity (Wildman–Crippen MR) is 42.9 cm³/mol. The van der Waals surface area contributed by atoms with Crippen LogP contribution in [0.15, 0.2) is 6.20 Å². The fourth-order valence-electron chi connectivity index (χ4n) is 0.586. The summed E-state index contributed by atoms with van der Waals surface area (Å²) < 4.78 is 2.19. The molecular formula is C5H5IN2O2. The Morgan fingerprint density at radius 2 is 2.50 bits per heavy atom. The number of hydrogen-bond acceptors (Lipinski definition) is 2.